The van der Waals surface area contributed by atoms with Crippen molar-refractivity contribution in [2.24, 2.45) is 11.7 Å². The molecule has 6 nitrogen and oxygen atoms in total. The summed E-state index contributed by atoms with van der Waals surface area (Å²) in [6.45, 7) is 0.480. The van der Waals surface area contributed by atoms with Gasteiger partial charge in [-0.05, 0) is 31.4 Å². The van der Waals surface area contributed by atoms with Crippen LogP contribution in [-0.2, 0) is 0 Å². The van der Waals surface area contributed by atoms with Crippen molar-refractivity contribution < 1.29 is 14.1 Å². The SMILES string of the molecule is NCC1CCCCC1NC(=O)c1ccc([N+](=O)[O-])cc1F. The Morgan fingerprint density at radius 3 is 2.76 bits per heavy atom. The molecule has 1 aliphatic rings. The van der Waals surface area contributed by atoms with Crippen molar-refractivity contribution in [1.82, 2.24) is 5.32 Å². The van der Waals surface area contributed by atoms with Crippen LogP contribution in [0.5, 0.6) is 0 Å². The number of nitrogens with zero attached hydrogens (tertiary/aromatic N) is 1. The molecular formula is C14H18FN3O3. The quantitative estimate of drug-likeness (QED) is 0.655. The number of nitrogens with one attached hydrogen (secondary N) is 1. The second kappa shape index (κ2) is 6.62. The Bertz CT molecular complexity index is 550. The molecule has 0 aliphatic heterocycles. The summed E-state index contributed by atoms with van der Waals surface area (Å²) in [7, 11) is 0. The zero-order chi connectivity index (χ0) is 15.4. The molecule has 1 aliphatic carbocycles. The lowest BCUT2D eigenvalue weighted by atomic mass is 9.84. The van der Waals surface area contributed by atoms with E-state index < -0.39 is 16.6 Å². The smallest absolute Gasteiger partial charge is 0.272 e. The minimum atomic E-state index is -0.887. The number of carbonyl (C=O) groups is 1. The molecule has 2 rings (SSSR count). The largest absolute Gasteiger partial charge is 0.349 e. The Kier molecular flexibility index (Phi) is 4.85. The summed E-state index contributed by atoms with van der Waals surface area (Å²) in [4.78, 5) is 22.0. The number of carbonyl (C=O) groups excluding carboxylic acids is 1. The number of hydrogen-bond donors (Lipinski definition) is 2. The zero-order valence-corrected chi connectivity index (χ0v) is 11.5. The van der Waals surface area contributed by atoms with Gasteiger partial charge >= 0.3 is 0 Å². The summed E-state index contributed by atoms with van der Waals surface area (Å²) in [5, 5.41) is 13.4. The van der Waals surface area contributed by atoms with Gasteiger partial charge in [0.2, 0.25) is 0 Å². The maximum atomic E-state index is 13.8. The van der Waals surface area contributed by atoms with Gasteiger partial charge in [-0.1, -0.05) is 12.8 Å². The van der Waals surface area contributed by atoms with Gasteiger partial charge in [-0.2, -0.15) is 0 Å². The fourth-order valence-electron chi connectivity index (χ4n) is 2.73. The van der Waals surface area contributed by atoms with Crippen molar-refractivity contribution in [3.8, 4) is 0 Å². The van der Waals surface area contributed by atoms with Gasteiger partial charge in [0.15, 0.2) is 0 Å². The van der Waals surface area contributed by atoms with Crippen molar-refractivity contribution in [2.45, 2.75) is 31.7 Å². The summed E-state index contributed by atoms with van der Waals surface area (Å²) in [5.41, 5.74) is 5.14. The highest BCUT2D eigenvalue weighted by Gasteiger charge is 2.26. The first kappa shape index (κ1) is 15.4. The van der Waals surface area contributed by atoms with Crippen LogP contribution < -0.4 is 11.1 Å². The summed E-state index contributed by atoms with van der Waals surface area (Å²) in [5.74, 6) is -1.24. The van der Waals surface area contributed by atoms with E-state index in [-0.39, 0.29) is 23.2 Å². The molecule has 1 aromatic rings. The summed E-state index contributed by atoms with van der Waals surface area (Å²) < 4.78 is 13.8. The molecule has 1 amide bonds. The molecule has 0 aromatic heterocycles. The molecule has 7 heteroatoms. The van der Waals surface area contributed by atoms with Crippen LogP contribution >= 0.6 is 0 Å². The molecule has 114 valence electrons. The van der Waals surface area contributed by atoms with Gasteiger partial charge in [-0.25, -0.2) is 4.39 Å². The number of non-ortho nitro benzene ring substituents is 1. The lowest BCUT2D eigenvalue weighted by Crippen LogP contribution is -2.44. The minimum absolute atomic E-state index is 0.0640. The van der Waals surface area contributed by atoms with Gasteiger partial charge in [0.1, 0.15) is 5.82 Å². The van der Waals surface area contributed by atoms with E-state index in [1.165, 1.54) is 0 Å². The molecule has 0 saturated heterocycles. The third-order valence-electron chi connectivity index (χ3n) is 3.94. The molecule has 0 radical (unpaired) electrons. The average Bonchev–Trinajstić information content (AvgIpc) is 2.47. The van der Waals surface area contributed by atoms with Crippen LogP contribution in [0.4, 0.5) is 10.1 Å². The number of nitrogens with two attached hydrogens (primary N) is 1. The number of rotatable bonds is 4. The van der Waals surface area contributed by atoms with E-state index in [1.54, 1.807) is 0 Å². The molecule has 0 bridgehead atoms. The van der Waals surface area contributed by atoms with Crippen molar-refractivity contribution in [3.05, 3.63) is 39.7 Å². The Morgan fingerprint density at radius 1 is 1.43 bits per heavy atom. The van der Waals surface area contributed by atoms with Gasteiger partial charge in [-0.3, -0.25) is 14.9 Å². The first-order valence-electron chi connectivity index (χ1n) is 6.97. The standard InChI is InChI=1S/C14H18FN3O3/c15-12-7-10(18(20)21)5-6-11(12)14(19)17-13-4-2-1-3-9(13)8-16/h5-7,9,13H,1-4,8,16H2,(H,17,19). The number of halogens is 1. The Morgan fingerprint density at radius 2 is 2.14 bits per heavy atom. The van der Waals surface area contributed by atoms with E-state index in [1.807, 2.05) is 0 Å². The maximum absolute atomic E-state index is 13.8. The van der Waals surface area contributed by atoms with E-state index in [2.05, 4.69) is 5.32 Å². The Balaban J connectivity index is 2.11. The van der Waals surface area contributed by atoms with E-state index in [0.717, 1.165) is 43.9 Å². The molecule has 0 spiro atoms. The van der Waals surface area contributed by atoms with Crippen molar-refractivity contribution in [2.75, 3.05) is 6.54 Å². The van der Waals surface area contributed by atoms with Gasteiger partial charge in [0.25, 0.3) is 11.6 Å². The van der Waals surface area contributed by atoms with Gasteiger partial charge < -0.3 is 11.1 Å². The van der Waals surface area contributed by atoms with Crippen molar-refractivity contribution in [1.29, 1.82) is 0 Å². The zero-order valence-electron chi connectivity index (χ0n) is 11.5. The highest BCUT2D eigenvalue weighted by atomic mass is 19.1. The predicted octanol–water partition coefficient (Wildman–Crippen LogP) is 1.98. The summed E-state index contributed by atoms with van der Waals surface area (Å²) in [6, 6.07) is 2.96. The molecule has 2 unspecified atom stereocenters. The second-order valence-corrected chi connectivity index (χ2v) is 5.28. The highest BCUT2D eigenvalue weighted by Crippen LogP contribution is 2.24. The van der Waals surface area contributed by atoms with Gasteiger partial charge in [0, 0.05) is 12.1 Å². The number of nitro groups is 1. The summed E-state index contributed by atoms with van der Waals surface area (Å²) in [6.07, 6.45) is 3.86. The highest BCUT2D eigenvalue weighted by molar-refractivity contribution is 5.94. The van der Waals surface area contributed by atoms with E-state index >= 15 is 0 Å². The molecule has 0 heterocycles. The second-order valence-electron chi connectivity index (χ2n) is 5.28. The molecule has 21 heavy (non-hydrogen) atoms. The normalized spacial score (nSPS) is 21.8. The first-order chi connectivity index (χ1) is 10.0. The van der Waals surface area contributed by atoms with Crippen molar-refractivity contribution in [3.63, 3.8) is 0 Å². The lowest BCUT2D eigenvalue weighted by molar-refractivity contribution is -0.385. The topological polar surface area (TPSA) is 98.3 Å². The minimum Gasteiger partial charge on any atom is -0.349 e. The third-order valence-corrected chi connectivity index (χ3v) is 3.94. The molecular weight excluding hydrogens is 277 g/mol. The molecule has 3 N–H and O–H groups in total. The van der Waals surface area contributed by atoms with Crippen LogP contribution in [0.3, 0.4) is 0 Å². The van der Waals surface area contributed by atoms with E-state index in [9.17, 15) is 19.3 Å². The monoisotopic (exact) mass is 295 g/mol. The maximum Gasteiger partial charge on any atom is 0.272 e. The van der Waals surface area contributed by atoms with Crippen molar-refractivity contribution >= 4 is 11.6 Å². The van der Waals surface area contributed by atoms with Crippen LogP contribution in [0, 0.1) is 21.8 Å². The predicted molar refractivity (Wildman–Crippen MR) is 75.3 cm³/mol. The number of amides is 1. The first-order valence-corrected chi connectivity index (χ1v) is 6.97. The van der Waals surface area contributed by atoms with E-state index in [4.69, 9.17) is 5.73 Å². The lowest BCUT2D eigenvalue weighted by Gasteiger charge is -2.31. The number of nitro benzene ring substituents is 1. The number of benzene rings is 1. The Hall–Kier alpha value is -2.02. The molecule has 2 atom stereocenters. The average molecular weight is 295 g/mol. The van der Waals surface area contributed by atoms with Crippen LogP contribution in [0.25, 0.3) is 0 Å². The van der Waals surface area contributed by atoms with Crippen LogP contribution in [-0.4, -0.2) is 23.4 Å². The molecule has 1 saturated carbocycles. The van der Waals surface area contributed by atoms with Crippen LogP contribution in [0.1, 0.15) is 36.0 Å². The van der Waals surface area contributed by atoms with Gasteiger partial charge in [0.05, 0.1) is 16.6 Å². The Labute approximate surface area is 121 Å². The summed E-state index contributed by atoms with van der Waals surface area (Å²) >= 11 is 0. The fourth-order valence-corrected chi connectivity index (χ4v) is 2.73. The van der Waals surface area contributed by atoms with Gasteiger partial charge in [-0.15, -0.1) is 0 Å². The fraction of sp³-hybridized carbons (Fsp3) is 0.500. The molecule has 1 fully saturated rings. The molecule has 1 aromatic carbocycles. The van der Waals surface area contributed by atoms with Crippen LogP contribution in [0.15, 0.2) is 18.2 Å². The third kappa shape index (κ3) is 3.55. The van der Waals surface area contributed by atoms with Crippen LogP contribution in [0.2, 0.25) is 0 Å². The van der Waals surface area contributed by atoms with E-state index in [0.29, 0.717) is 6.54 Å². The number of hydrogen-bond acceptors (Lipinski definition) is 4.